The number of ether oxygens (including phenoxy) is 2. The van der Waals surface area contributed by atoms with Crippen molar-refractivity contribution in [1.82, 2.24) is 4.98 Å². The minimum atomic E-state index is -0.103. The van der Waals surface area contributed by atoms with Crippen molar-refractivity contribution in [2.45, 2.75) is 18.9 Å². The van der Waals surface area contributed by atoms with Gasteiger partial charge < -0.3 is 20.5 Å². The Labute approximate surface area is 161 Å². The number of hydrogen-bond acceptors (Lipinski definition) is 6. The summed E-state index contributed by atoms with van der Waals surface area (Å²) < 4.78 is 11.4. The lowest BCUT2D eigenvalue weighted by atomic mass is 9.91. The molecule has 6 nitrogen and oxygen atoms in total. The van der Waals surface area contributed by atoms with Gasteiger partial charge in [0.2, 0.25) is 5.91 Å². The van der Waals surface area contributed by atoms with E-state index in [-0.39, 0.29) is 11.8 Å². The molecule has 1 aliphatic rings. The van der Waals surface area contributed by atoms with E-state index in [1.54, 1.807) is 7.11 Å². The zero-order valence-electron chi connectivity index (χ0n) is 14.8. The van der Waals surface area contributed by atoms with Gasteiger partial charge in [0.15, 0.2) is 16.6 Å². The molecule has 0 saturated carbocycles. The topological polar surface area (TPSA) is 86.5 Å². The Morgan fingerprint density at radius 1 is 1.22 bits per heavy atom. The molecule has 0 fully saturated rings. The summed E-state index contributed by atoms with van der Waals surface area (Å²) in [5.41, 5.74) is 7.88. The van der Waals surface area contributed by atoms with Gasteiger partial charge in [-0.3, -0.25) is 4.79 Å². The Morgan fingerprint density at radius 2 is 2.04 bits per heavy atom. The van der Waals surface area contributed by atoms with Crippen LogP contribution in [0.25, 0.3) is 0 Å². The summed E-state index contributed by atoms with van der Waals surface area (Å²) in [4.78, 5) is 17.3. The van der Waals surface area contributed by atoms with Crippen molar-refractivity contribution in [2.75, 3.05) is 18.2 Å². The maximum absolute atomic E-state index is 12.1. The number of anilines is 2. The van der Waals surface area contributed by atoms with E-state index in [2.05, 4.69) is 10.3 Å². The van der Waals surface area contributed by atoms with Gasteiger partial charge in [-0.25, -0.2) is 4.98 Å². The lowest BCUT2D eigenvalue weighted by molar-refractivity contribution is -0.116. The van der Waals surface area contributed by atoms with Gasteiger partial charge in [0.05, 0.1) is 12.0 Å². The second-order valence-corrected chi connectivity index (χ2v) is 7.32. The number of fused-ring (bicyclic) bond motifs is 1. The first-order valence-corrected chi connectivity index (χ1v) is 9.36. The van der Waals surface area contributed by atoms with Gasteiger partial charge in [0.1, 0.15) is 12.4 Å². The molecule has 0 saturated heterocycles. The normalized spacial score (nSPS) is 15.7. The Bertz CT molecular complexity index is 972. The Hall–Kier alpha value is -3.06. The summed E-state index contributed by atoms with van der Waals surface area (Å²) in [5, 5.41) is 3.23. The first-order chi connectivity index (χ1) is 13.1. The van der Waals surface area contributed by atoms with Gasteiger partial charge in [-0.1, -0.05) is 47.7 Å². The predicted molar refractivity (Wildman–Crippen MR) is 105 cm³/mol. The number of benzene rings is 2. The number of thiazole rings is 1. The van der Waals surface area contributed by atoms with Crippen molar-refractivity contribution in [2.24, 2.45) is 0 Å². The molecule has 27 heavy (non-hydrogen) atoms. The van der Waals surface area contributed by atoms with Crippen LogP contribution in [0.15, 0.2) is 48.5 Å². The number of carbonyl (C=O) groups excluding carboxylic acids is 1. The highest BCUT2D eigenvalue weighted by molar-refractivity contribution is 7.16. The average Bonchev–Trinajstić information content (AvgIpc) is 3.06. The van der Waals surface area contributed by atoms with Crippen molar-refractivity contribution >= 4 is 28.2 Å². The maximum atomic E-state index is 12.1. The van der Waals surface area contributed by atoms with Gasteiger partial charge in [-0.15, -0.1) is 0 Å². The van der Waals surface area contributed by atoms with E-state index in [4.69, 9.17) is 15.2 Å². The van der Waals surface area contributed by atoms with E-state index < -0.39 is 0 Å². The fourth-order valence-electron chi connectivity index (χ4n) is 3.16. The number of nitrogens with zero attached hydrogens (tertiary/aromatic N) is 1. The predicted octanol–water partition coefficient (Wildman–Crippen LogP) is 3.79. The van der Waals surface area contributed by atoms with Crippen molar-refractivity contribution < 1.29 is 14.3 Å². The van der Waals surface area contributed by atoms with E-state index in [0.29, 0.717) is 35.5 Å². The summed E-state index contributed by atoms with van der Waals surface area (Å²) in [6.07, 6.45) is 0.346. The Balaban J connectivity index is 1.65. The van der Waals surface area contributed by atoms with Crippen LogP contribution >= 0.6 is 11.3 Å². The number of nitrogen functional groups attached to an aromatic ring is 1. The summed E-state index contributed by atoms with van der Waals surface area (Å²) in [7, 11) is 1.61. The molecule has 1 atom stereocenters. The monoisotopic (exact) mass is 381 g/mol. The van der Waals surface area contributed by atoms with E-state index in [9.17, 15) is 4.79 Å². The zero-order valence-corrected chi connectivity index (χ0v) is 15.6. The Kier molecular flexibility index (Phi) is 4.68. The molecule has 3 N–H and O–H groups in total. The highest BCUT2D eigenvalue weighted by atomic mass is 32.1. The van der Waals surface area contributed by atoms with Crippen LogP contribution in [0, 0.1) is 0 Å². The van der Waals surface area contributed by atoms with Crippen LogP contribution in [0.2, 0.25) is 0 Å². The molecule has 1 aliphatic heterocycles. The third kappa shape index (κ3) is 3.59. The molecule has 2 aromatic carbocycles. The van der Waals surface area contributed by atoms with Gasteiger partial charge >= 0.3 is 0 Å². The zero-order chi connectivity index (χ0) is 18.8. The molecule has 1 aromatic heterocycles. The number of aromatic nitrogens is 1. The second-order valence-electron chi connectivity index (χ2n) is 6.25. The number of methoxy groups -OCH3 is 1. The van der Waals surface area contributed by atoms with Crippen LogP contribution in [-0.2, 0) is 11.4 Å². The number of rotatable bonds is 5. The Morgan fingerprint density at radius 3 is 2.81 bits per heavy atom. The fourth-order valence-corrected chi connectivity index (χ4v) is 4.08. The highest BCUT2D eigenvalue weighted by Gasteiger charge is 2.30. The second kappa shape index (κ2) is 7.28. The standard InChI is InChI=1S/C20H19N3O3S/c1-25-15-8-7-13(9-16(15)26-11-12-5-3-2-4-6-12)14-10-17(24)22-19-18(14)27-20(21)23-19/h2-9,14H,10-11H2,1H3,(H2,21,23)(H,22,24)/t14-/m0/s1. The van der Waals surface area contributed by atoms with Crippen molar-refractivity contribution in [3.8, 4) is 11.5 Å². The molecule has 0 radical (unpaired) electrons. The lowest BCUT2D eigenvalue weighted by Gasteiger charge is -2.22. The van der Waals surface area contributed by atoms with Crippen LogP contribution in [0.4, 0.5) is 10.9 Å². The third-order valence-corrected chi connectivity index (χ3v) is 5.46. The highest BCUT2D eigenvalue weighted by Crippen LogP contribution is 2.43. The van der Waals surface area contributed by atoms with Gasteiger partial charge in [0, 0.05) is 12.3 Å². The number of hydrogen-bond donors (Lipinski definition) is 2. The molecule has 2 heterocycles. The van der Waals surface area contributed by atoms with Gasteiger partial charge in [-0.05, 0) is 23.3 Å². The fraction of sp³-hybridized carbons (Fsp3) is 0.200. The molecule has 138 valence electrons. The summed E-state index contributed by atoms with van der Waals surface area (Å²) in [6.45, 7) is 0.435. The van der Waals surface area contributed by atoms with Crippen molar-refractivity contribution in [1.29, 1.82) is 0 Å². The van der Waals surface area contributed by atoms with Crippen LogP contribution < -0.4 is 20.5 Å². The van der Waals surface area contributed by atoms with Gasteiger partial charge in [-0.2, -0.15) is 0 Å². The molecule has 0 unspecified atom stereocenters. The molecule has 4 rings (SSSR count). The van der Waals surface area contributed by atoms with E-state index in [1.165, 1.54) is 11.3 Å². The molecule has 7 heteroatoms. The molecule has 0 spiro atoms. The van der Waals surface area contributed by atoms with Gasteiger partial charge in [0.25, 0.3) is 0 Å². The SMILES string of the molecule is COc1ccc([C@@H]2CC(=O)Nc3nc(N)sc32)cc1OCc1ccccc1. The van der Waals surface area contributed by atoms with E-state index in [1.807, 2.05) is 48.5 Å². The minimum Gasteiger partial charge on any atom is -0.493 e. The average molecular weight is 381 g/mol. The van der Waals surface area contributed by atoms with E-state index in [0.717, 1.165) is 16.0 Å². The molecular weight excluding hydrogens is 362 g/mol. The van der Waals surface area contributed by atoms with Crippen LogP contribution in [0.3, 0.4) is 0 Å². The summed E-state index contributed by atoms with van der Waals surface area (Å²) >= 11 is 1.40. The van der Waals surface area contributed by atoms with E-state index >= 15 is 0 Å². The largest absolute Gasteiger partial charge is 0.493 e. The van der Waals surface area contributed by atoms with Crippen LogP contribution in [0.5, 0.6) is 11.5 Å². The summed E-state index contributed by atoms with van der Waals surface area (Å²) in [6, 6.07) is 15.7. The molecule has 0 aliphatic carbocycles. The van der Waals surface area contributed by atoms with Crippen molar-refractivity contribution in [3.63, 3.8) is 0 Å². The first-order valence-electron chi connectivity index (χ1n) is 8.54. The smallest absolute Gasteiger partial charge is 0.226 e. The molecule has 0 bridgehead atoms. The number of carbonyl (C=O) groups is 1. The molecular formula is C20H19N3O3S. The maximum Gasteiger partial charge on any atom is 0.226 e. The third-order valence-electron chi connectivity index (χ3n) is 4.46. The molecule has 3 aromatic rings. The minimum absolute atomic E-state index is 0.0691. The number of nitrogens with one attached hydrogen (secondary N) is 1. The number of amides is 1. The molecule has 1 amide bonds. The first kappa shape index (κ1) is 17.4. The van der Waals surface area contributed by atoms with Crippen molar-refractivity contribution in [3.05, 3.63) is 64.5 Å². The lowest BCUT2D eigenvalue weighted by Crippen LogP contribution is -2.22. The summed E-state index contributed by atoms with van der Waals surface area (Å²) in [5.74, 6) is 1.68. The number of nitrogens with two attached hydrogens (primary N) is 1. The van der Waals surface area contributed by atoms with Crippen LogP contribution in [0.1, 0.15) is 28.3 Å². The quantitative estimate of drug-likeness (QED) is 0.702. The van der Waals surface area contributed by atoms with Crippen LogP contribution in [-0.4, -0.2) is 18.0 Å².